The molecular formula is C22H23BrN6O. The van der Waals surface area contributed by atoms with Crippen LogP contribution in [0.1, 0.15) is 40.5 Å². The van der Waals surface area contributed by atoms with E-state index in [1.807, 2.05) is 58.4 Å². The molecule has 1 amide bonds. The van der Waals surface area contributed by atoms with Crippen LogP contribution in [0, 0.1) is 0 Å². The van der Waals surface area contributed by atoms with Crippen molar-refractivity contribution in [1.82, 2.24) is 29.8 Å². The van der Waals surface area contributed by atoms with Crippen LogP contribution in [-0.2, 0) is 6.54 Å². The van der Waals surface area contributed by atoms with Crippen molar-refractivity contribution in [3.8, 4) is 5.69 Å². The first-order valence-electron chi connectivity index (χ1n) is 10.3. The molecule has 1 aliphatic carbocycles. The van der Waals surface area contributed by atoms with Gasteiger partial charge in [-0.25, -0.2) is 4.68 Å². The molecule has 1 saturated carbocycles. The molecule has 2 fully saturated rings. The van der Waals surface area contributed by atoms with E-state index in [0.29, 0.717) is 24.7 Å². The van der Waals surface area contributed by atoms with E-state index >= 15 is 0 Å². The normalized spacial score (nSPS) is 17.3. The summed E-state index contributed by atoms with van der Waals surface area (Å²) >= 11 is 3.47. The van der Waals surface area contributed by atoms with Crippen molar-refractivity contribution in [1.29, 1.82) is 0 Å². The molecule has 0 bridgehead atoms. The Morgan fingerprint density at radius 3 is 2.37 bits per heavy atom. The summed E-state index contributed by atoms with van der Waals surface area (Å²) in [7, 11) is 0. The van der Waals surface area contributed by atoms with Crippen molar-refractivity contribution < 1.29 is 4.79 Å². The van der Waals surface area contributed by atoms with E-state index in [0.717, 1.165) is 48.3 Å². The number of halogens is 1. The van der Waals surface area contributed by atoms with Crippen LogP contribution in [0.15, 0.2) is 53.3 Å². The molecule has 0 radical (unpaired) electrons. The summed E-state index contributed by atoms with van der Waals surface area (Å²) in [5, 5.41) is 8.68. The quantitative estimate of drug-likeness (QED) is 0.577. The van der Waals surface area contributed by atoms with Crippen molar-refractivity contribution in [2.24, 2.45) is 0 Å². The van der Waals surface area contributed by atoms with Gasteiger partial charge in [-0.2, -0.15) is 0 Å². The fourth-order valence-corrected chi connectivity index (χ4v) is 4.21. The second-order valence-electron chi connectivity index (χ2n) is 7.91. The Balaban J connectivity index is 1.30. The van der Waals surface area contributed by atoms with Crippen LogP contribution < -0.4 is 0 Å². The molecule has 1 saturated heterocycles. The van der Waals surface area contributed by atoms with Gasteiger partial charge in [0.2, 0.25) is 0 Å². The smallest absolute Gasteiger partial charge is 0.276 e. The van der Waals surface area contributed by atoms with Gasteiger partial charge in [-0.1, -0.05) is 21.1 Å². The zero-order valence-electron chi connectivity index (χ0n) is 16.6. The largest absolute Gasteiger partial charge is 0.335 e. The van der Waals surface area contributed by atoms with Gasteiger partial charge in [0.1, 0.15) is 0 Å². The van der Waals surface area contributed by atoms with Gasteiger partial charge < -0.3 is 4.90 Å². The summed E-state index contributed by atoms with van der Waals surface area (Å²) in [5.74, 6) is 0.374. The predicted octanol–water partition coefficient (Wildman–Crippen LogP) is 3.26. The highest BCUT2D eigenvalue weighted by Gasteiger charge is 2.36. The van der Waals surface area contributed by atoms with Crippen molar-refractivity contribution in [2.45, 2.75) is 25.3 Å². The molecule has 0 atom stereocenters. The average molecular weight is 467 g/mol. The topological polar surface area (TPSA) is 67.2 Å². The maximum Gasteiger partial charge on any atom is 0.276 e. The molecule has 3 aromatic rings. The van der Waals surface area contributed by atoms with E-state index in [4.69, 9.17) is 0 Å². The summed E-state index contributed by atoms with van der Waals surface area (Å²) < 4.78 is 2.86. The molecule has 8 heteroatoms. The van der Waals surface area contributed by atoms with Gasteiger partial charge >= 0.3 is 0 Å². The lowest BCUT2D eigenvalue weighted by atomic mass is 10.1. The standard InChI is InChI=1S/C22H23BrN6O/c23-18-3-5-19(6-4-18)29-21(17-1-2-17)20(25-26-29)22(30)28-13-11-27(12-14-28)15-16-7-9-24-10-8-16/h3-10,17H,1-2,11-15H2. The Hall–Kier alpha value is -2.58. The second kappa shape index (κ2) is 8.28. The van der Waals surface area contributed by atoms with E-state index in [1.54, 1.807) is 0 Å². The summed E-state index contributed by atoms with van der Waals surface area (Å²) in [6.45, 7) is 4.01. The minimum atomic E-state index is 0.00354. The number of amides is 1. The lowest BCUT2D eigenvalue weighted by Gasteiger charge is -2.34. The Bertz CT molecular complexity index is 1020. The third-order valence-corrected chi connectivity index (χ3v) is 6.29. The van der Waals surface area contributed by atoms with Crippen LogP contribution in [0.3, 0.4) is 0 Å². The lowest BCUT2D eigenvalue weighted by molar-refractivity contribution is 0.0621. The molecule has 0 spiro atoms. The molecule has 30 heavy (non-hydrogen) atoms. The van der Waals surface area contributed by atoms with E-state index in [1.165, 1.54) is 5.56 Å². The Kier molecular flexibility index (Phi) is 5.35. The van der Waals surface area contributed by atoms with Crippen LogP contribution in [0.4, 0.5) is 0 Å². The van der Waals surface area contributed by atoms with Gasteiger partial charge in [-0.05, 0) is 54.8 Å². The van der Waals surface area contributed by atoms with Gasteiger partial charge in [0.05, 0.1) is 11.4 Å². The fraction of sp³-hybridized carbons (Fsp3) is 0.364. The van der Waals surface area contributed by atoms with Crippen LogP contribution in [-0.4, -0.2) is 61.9 Å². The van der Waals surface area contributed by atoms with Crippen LogP contribution in [0.5, 0.6) is 0 Å². The highest BCUT2D eigenvalue weighted by Crippen LogP contribution is 2.42. The number of rotatable bonds is 5. The highest BCUT2D eigenvalue weighted by atomic mass is 79.9. The molecule has 5 rings (SSSR count). The summed E-state index contributed by atoms with van der Waals surface area (Å²) in [4.78, 5) is 21.7. The Morgan fingerprint density at radius 1 is 1.00 bits per heavy atom. The molecule has 7 nitrogen and oxygen atoms in total. The number of benzene rings is 1. The number of hydrogen-bond acceptors (Lipinski definition) is 5. The highest BCUT2D eigenvalue weighted by molar-refractivity contribution is 9.10. The van der Waals surface area contributed by atoms with E-state index in [2.05, 4.69) is 36.1 Å². The van der Waals surface area contributed by atoms with Crippen LogP contribution >= 0.6 is 15.9 Å². The predicted molar refractivity (Wildman–Crippen MR) is 116 cm³/mol. The molecule has 1 aliphatic heterocycles. The number of piperazine rings is 1. The van der Waals surface area contributed by atoms with Gasteiger partial charge in [0, 0.05) is 55.5 Å². The number of hydrogen-bond donors (Lipinski definition) is 0. The second-order valence-corrected chi connectivity index (χ2v) is 8.83. The van der Waals surface area contributed by atoms with Gasteiger partial charge in [-0.15, -0.1) is 5.10 Å². The Morgan fingerprint density at radius 2 is 1.70 bits per heavy atom. The first-order valence-corrected chi connectivity index (χ1v) is 11.1. The minimum Gasteiger partial charge on any atom is -0.335 e. The third-order valence-electron chi connectivity index (χ3n) is 5.76. The van der Waals surface area contributed by atoms with Crippen molar-refractivity contribution in [3.05, 3.63) is 70.2 Å². The molecule has 0 unspecified atom stereocenters. The Labute approximate surface area is 183 Å². The summed E-state index contributed by atoms with van der Waals surface area (Å²) in [6, 6.07) is 12.0. The van der Waals surface area contributed by atoms with Crippen molar-refractivity contribution >= 4 is 21.8 Å². The van der Waals surface area contributed by atoms with Crippen LogP contribution in [0.2, 0.25) is 0 Å². The van der Waals surface area contributed by atoms with Crippen molar-refractivity contribution in [2.75, 3.05) is 26.2 Å². The number of nitrogens with zero attached hydrogens (tertiary/aromatic N) is 6. The minimum absolute atomic E-state index is 0.00354. The number of aromatic nitrogens is 4. The van der Waals surface area contributed by atoms with E-state index < -0.39 is 0 Å². The number of pyridine rings is 1. The molecule has 0 N–H and O–H groups in total. The molecule has 1 aromatic carbocycles. The first kappa shape index (κ1) is 19.4. The molecular weight excluding hydrogens is 444 g/mol. The fourth-order valence-electron chi connectivity index (χ4n) is 3.94. The molecule has 154 valence electrons. The van der Waals surface area contributed by atoms with Gasteiger partial charge in [-0.3, -0.25) is 14.7 Å². The van der Waals surface area contributed by atoms with E-state index in [9.17, 15) is 4.79 Å². The maximum absolute atomic E-state index is 13.3. The number of carbonyl (C=O) groups is 1. The molecule has 2 aromatic heterocycles. The van der Waals surface area contributed by atoms with Gasteiger partial charge in [0.25, 0.3) is 5.91 Å². The zero-order chi connectivity index (χ0) is 20.5. The number of carbonyl (C=O) groups excluding carboxylic acids is 1. The SMILES string of the molecule is O=C(c1nnn(-c2ccc(Br)cc2)c1C1CC1)N1CCN(Cc2ccncc2)CC1. The average Bonchev–Trinajstić information content (AvgIpc) is 3.53. The van der Waals surface area contributed by atoms with Crippen LogP contribution in [0.25, 0.3) is 5.69 Å². The van der Waals surface area contributed by atoms with Crippen molar-refractivity contribution in [3.63, 3.8) is 0 Å². The van der Waals surface area contributed by atoms with Gasteiger partial charge in [0.15, 0.2) is 5.69 Å². The summed E-state index contributed by atoms with van der Waals surface area (Å²) in [6.07, 6.45) is 5.82. The first-order chi connectivity index (χ1) is 14.7. The monoisotopic (exact) mass is 466 g/mol. The summed E-state index contributed by atoms with van der Waals surface area (Å²) in [5.41, 5.74) is 3.66. The lowest BCUT2D eigenvalue weighted by Crippen LogP contribution is -2.48. The molecule has 3 heterocycles. The zero-order valence-corrected chi connectivity index (χ0v) is 18.2. The molecule has 2 aliphatic rings. The third kappa shape index (κ3) is 4.02. The van der Waals surface area contributed by atoms with E-state index in [-0.39, 0.29) is 5.91 Å². The maximum atomic E-state index is 13.3.